The molecule has 3 rings (SSSR count). The molecular formula is C16H22N4O. The Morgan fingerprint density at radius 2 is 2.29 bits per heavy atom. The van der Waals surface area contributed by atoms with Crippen LogP contribution in [0.4, 0.5) is 5.69 Å². The molecule has 0 spiro atoms. The first-order valence-corrected chi connectivity index (χ1v) is 7.69. The molecule has 1 aromatic heterocycles. The predicted octanol–water partition coefficient (Wildman–Crippen LogP) is 2.30. The second-order valence-electron chi connectivity index (χ2n) is 5.82. The van der Waals surface area contributed by atoms with Crippen molar-refractivity contribution in [3.63, 3.8) is 0 Å². The van der Waals surface area contributed by atoms with Crippen LogP contribution in [0.3, 0.4) is 0 Å². The number of aromatic nitrogens is 2. The molecule has 0 aliphatic carbocycles. The number of rotatable bonds is 3. The van der Waals surface area contributed by atoms with E-state index < -0.39 is 0 Å². The molecule has 1 aliphatic heterocycles. The first kappa shape index (κ1) is 14.1. The number of hydrogen-bond donors (Lipinski definition) is 2. The van der Waals surface area contributed by atoms with Crippen molar-refractivity contribution in [3.05, 3.63) is 24.0 Å². The summed E-state index contributed by atoms with van der Waals surface area (Å²) >= 11 is 0. The van der Waals surface area contributed by atoms with E-state index in [0.29, 0.717) is 6.54 Å². The Labute approximate surface area is 124 Å². The lowest BCUT2D eigenvalue weighted by Crippen LogP contribution is -2.26. The highest BCUT2D eigenvalue weighted by Gasteiger charge is 2.15. The van der Waals surface area contributed by atoms with Gasteiger partial charge in [0.15, 0.2) is 0 Å². The van der Waals surface area contributed by atoms with Crippen LogP contribution in [0, 0.1) is 5.92 Å². The minimum atomic E-state index is -0.181. The van der Waals surface area contributed by atoms with Crippen molar-refractivity contribution in [2.24, 2.45) is 11.7 Å². The quantitative estimate of drug-likeness (QED) is 0.909. The maximum absolute atomic E-state index is 11.9. The van der Waals surface area contributed by atoms with Crippen molar-refractivity contribution in [2.75, 3.05) is 11.9 Å². The summed E-state index contributed by atoms with van der Waals surface area (Å²) < 4.78 is 2.32. The zero-order valence-electron chi connectivity index (χ0n) is 12.4. The fourth-order valence-corrected chi connectivity index (χ4v) is 2.80. The number of hydrogen-bond acceptors (Lipinski definition) is 3. The standard InChI is InChI=1S/C16H22N4O/c1-11(10-17)16(21)18-12-6-7-14-13(9-12)19-15-5-3-2-4-8-20(14)15/h6-7,9,11H,2-5,8,10,17H2,1H3,(H,18,21). The summed E-state index contributed by atoms with van der Waals surface area (Å²) in [5.74, 6) is 0.943. The molecule has 0 saturated heterocycles. The maximum atomic E-state index is 11.9. The topological polar surface area (TPSA) is 72.9 Å². The van der Waals surface area contributed by atoms with Gasteiger partial charge in [-0.25, -0.2) is 4.98 Å². The van der Waals surface area contributed by atoms with Gasteiger partial charge in [0, 0.05) is 31.1 Å². The minimum Gasteiger partial charge on any atom is -0.330 e. The molecule has 3 N–H and O–H groups in total. The first-order valence-electron chi connectivity index (χ1n) is 7.69. The highest BCUT2D eigenvalue weighted by molar-refractivity contribution is 5.94. The zero-order valence-corrected chi connectivity index (χ0v) is 12.4. The number of benzene rings is 1. The van der Waals surface area contributed by atoms with Crippen molar-refractivity contribution in [2.45, 2.75) is 39.2 Å². The van der Waals surface area contributed by atoms with Gasteiger partial charge in [-0.15, -0.1) is 0 Å². The molecule has 0 fully saturated rings. The zero-order chi connectivity index (χ0) is 14.8. The molecule has 1 aromatic carbocycles. The summed E-state index contributed by atoms with van der Waals surface area (Å²) in [6, 6.07) is 5.96. The molecule has 0 radical (unpaired) electrons. The van der Waals surface area contributed by atoms with E-state index in [9.17, 15) is 4.79 Å². The lowest BCUT2D eigenvalue weighted by Gasteiger charge is -2.10. The number of imidazole rings is 1. The van der Waals surface area contributed by atoms with Crippen LogP contribution in [0.25, 0.3) is 11.0 Å². The largest absolute Gasteiger partial charge is 0.330 e. The van der Waals surface area contributed by atoms with Gasteiger partial charge in [-0.1, -0.05) is 13.3 Å². The van der Waals surface area contributed by atoms with Crippen molar-refractivity contribution in [1.29, 1.82) is 0 Å². The molecule has 112 valence electrons. The lowest BCUT2D eigenvalue weighted by atomic mass is 10.1. The van der Waals surface area contributed by atoms with E-state index >= 15 is 0 Å². The fraction of sp³-hybridized carbons (Fsp3) is 0.500. The van der Waals surface area contributed by atoms with Crippen LogP contribution in [0.5, 0.6) is 0 Å². The smallest absolute Gasteiger partial charge is 0.228 e. The Kier molecular flexibility index (Phi) is 3.92. The van der Waals surface area contributed by atoms with Gasteiger partial charge in [-0.05, 0) is 31.0 Å². The van der Waals surface area contributed by atoms with E-state index in [2.05, 4.69) is 16.0 Å². The van der Waals surface area contributed by atoms with Gasteiger partial charge in [0.2, 0.25) is 5.91 Å². The van der Waals surface area contributed by atoms with Crippen LogP contribution in [-0.4, -0.2) is 22.0 Å². The van der Waals surface area contributed by atoms with Gasteiger partial charge in [0.1, 0.15) is 5.82 Å². The van der Waals surface area contributed by atoms with E-state index in [1.165, 1.54) is 25.1 Å². The molecule has 5 heteroatoms. The third kappa shape index (κ3) is 2.78. The molecule has 5 nitrogen and oxygen atoms in total. The molecule has 0 bridgehead atoms. The summed E-state index contributed by atoms with van der Waals surface area (Å²) in [6.45, 7) is 3.22. The Hall–Kier alpha value is -1.88. The van der Waals surface area contributed by atoms with Crippen LogP contribution < -0.4 is 11.1 Å². The Bertz CT molecular complexity index is 662. The van der Waals surface area contributed by atoms with Crippen LogP contribution in [0.2, 0.25) is 0 Å². The van der Waals surface area contributed by atoms with Gasteiger partial charge in [-0.2, -0.15) is 0 Å². The molecular weight excluding hydrogens is 264 g/mol. The molecule has 1 atom stereocenters. The van der Waals surface area contributed by atoms with Gasteiger partial charge >= 0.3 is 0 Å². The number of nitrogens with one attached hydrogen (secondary N) is 1. The summed E-state index contributed by atoms with van der Waals surface area (Å²) in [5, 5.41) is 2.91. The van der Waals surface area contributed by atoms with Crippen LogP contribution in [0.1, 0.15) is 32.0 Å². The monoisotopic (exact) mass is 286 g/mol. The second-order valence-corrected chi connectivity index (χ2v) is 5.82. The number of nitrogens with two attached hydrogens (primary N) is 1. The van der Waals surface area contributed by atoms with Gasteiger partial charge in [-0.3, -0.25) is 4.79 Å². The predicted molar refractivity (Wildman–Crippen MR) is 84.1 cm³/mol. The molecule has 1 aliphatic rings. The number of carbonyl (C=O) groups excluding carboxylic acids is 1. The molecule has 2 heterocycles. The van der Waals surface area contributed by atoms with Gasteiger partial charge < -0.3 is 15.6 Å². The molecule has 1 unspecified atom stereocenters. The van der Waals surface area contributed by atoms with Crippen molar-refractivity contribution in [3.8, 4) is 0 Å². The summed E-state index contributed by atoms with van der Waals surface area (Å²) in [6.07, 6.45) is 4.74. The maximum Gasteiger partial charge on any atom is 0.228 e. The second kappa shape index (κ2) is 5.85. The average molecular weight is 286 g/mol. The number of fused-ring (bicyclic) bond motifs is 3. The van der Waals surface area contributed by atoms with E-state index in [1.807, 2.05) is 19.1 Å². The van der Waals surface area contributed by atoms with E-state index in [0.717, 1.165) is 29.7 Å². The molecule has 2 aromatic rings. The summed E-state index contributed by atoms with van der Waals surface area (Å²) in [5.41, 5.74) is 8.44. The number of aryl methyl sites for hydroxylation is 2. The van der Waals surface area contributed by atoms with Crippen molar-refractivity contribution >= 4 is 22.6 Å². The third-order valence-electron chi connectivity index (χ3n) is 4.18. The Balaban J connectivity index is 1.89. The van der Waals surface area contributed by atoms with E-state index in [1.54, 1.807) is 0 Å². The van der Waals surface area contributed by atoms with E-state index in [4.69, 9.17) is 10.7 Å². The van der Waals surface area contributed by atoms with Crippen LogP contribution >= 0.6 is 0 Å². The SMILES string of the molecule is CC(CN)C(=O)Nc1ccc2c(c1)nc1n2CCCCC1. The number of nitrogens with zero attached hydrogens (tertiary/aromatic N) is 2. The fourth-order valence-electron chi connectivity index (χ4n) is 2.80. The van der Waals surface area contributed by atoms with Gasteiger partial charge in [0.05, 0.1) is 11.0 Å². The number of amides is 1. The Morgan fingerprint density at radius 3 is 3.10 bits per heavy atom. The van der Waals surface area contributed by atoms with Gasteiger partial charge in [0.25, 0.3) is 0 Å². The average Bonchev–Trinajstić information content (AvgIpc) is 2.67. The number of carbonyl (C=O) groups is 1. The minimum absolute atomic E-state index is 0.0439. The molecule has 1 amide bonds. The lowest BCUT2D eigenvalue weighted by molar-refractivity contribution is -0.119. The van der Waals surface area contributed by atoms with Crippen LogP contribution in [-0.2, 0) is 17.8 Å². The summed E-state index contributed by atoms with van der Waals surface area (Å²) in [7, 11) is 0. The Morgan fingerprint density at radius 1 is 1.43 bits per heavy atom. The van der Waals surface area contributed by atoms with Crippen molar-refractivity contribution < 1.29 is 4.79 Å². The van der Waals surface area contributed by atoms with Crippen molar-refractivity contribution in [1.82, 2.24) is 9.55 Å². The van der Waals surface area contributed by atoms with Crippen LogP contribution in [0.15, 0.2) is 18.2 Å². The van der Waals surface area contributed by atoms with E-state index in [-0.39, 0.29) is 11.8 Å². The summed E-state index contributed by atoms with van der Waals surface area (Å²) in [4.78, 5) is 16.6. The normalized spacial score (nSPS) is 16.3. The number of anilines is 1. The third-order valence-corrected chi connectivity index (χ3v) is 4.18. The highest BCUT2D eigenvalue weighted by atomic mass is 16.1. The first-order chi connectivity index (χ1) is 10.2. The molecule has 0 saturated carbocycles. The highest BCUT2D eigenvalue weighted by Crippen LogP contribution is 2.24. The molecule has 21 heavy (non-hydrogen) atoms.